The van der Waals surface area contributed by atoms with Gasteiger partial charge in [0, 0.05) is 53.2 Å². The summed E-state index contributed by atoms with van der Waals surface area (Å²) in [7, 11) is 0. The lowest BCUT2D eigenvalue weighted by Crippen LogP contribution is -2.14. The highest BCUT2D eigenvalue weighted by Crippen LogP contribution is 2.54. The molecule has 0 aliphatic carbocycles. The molecule has 0 radical (unpaired) electrons. The minimum Gasteiger partial charge on any atom is -0.308 e. The number of hydrogen-bond donors (Lipinski definition) is 0. The summed E-state index contributed by atoms with van der Waals surface area (Å²) in [5.74, 6) is 0. The quantitative estimate of drug-likeness (QED) is 0.149. The third-order valence-corrected chi connectivity index (χ3v) is 19.9. The molecule has 0 aliphatic heterocycles. The summed E-state index contributed by atoms with van der Waals surface area (Å²) in [5, 5.41) is 20.1. The van der Waals surface area contributed by atoms with E-state index in [9.17, 15) is 5.26 Å². The largest absolute Gasteiger partial charge is 0.308 e. The molecule has 3 heterocycles. The van der Waals surface area contributed by atoms with E-state index in [1.807, 2.05) is 0 Å². The van der Waals surface area contributed by atoms with Crippen molar-refractivity contribution in [3.8, 4) is 45.4 Å². The lowest BCUT2D eigenvalue weighted by molar-refractivity contribution is 0.590. The number of thioether (sulfide) groups is 2. The Hall–Kier alpha value is -7.43. The summed E-state index contributed by atoms with van der Waals surface area (Å²) in [6.45, 7) is 41.6. The van der Waals surface area contributed by atoms with Crippen molar-refractivity contribution in [2.75, 3.05) is 12.5 Å². The van der Waals surface area contributed by atoms with Gasteiger partial charge in [0.1, 0.15) is 11.6 Å². The molecule has 0 N–H and O–H groups in total. The van der Waals surface area contributed by atoms with Crippen LogP contribution in [0.1, 0.15) is 164 Å². The fourth-order valence-electron chi connectivity index (χ4n) is 13.1. The Kier molecular flexibility index (Phi) is 14.4. The maximum Gasteiger partial charge on any atom is 0.104 e. The number of hydrogen-bond acceptors (Lipinski definition) is 3. The van der Waals surface area contributed by atoms with E-state index in [1.165, 1.54) is 75.5 Å². The van der Waals surface area contributed by atoms with Gasteiger partial charge in [-0.3, -0.25) is 0 Å². The van der Waals surface area contributed by atoms with E-state index in [2.05, 4.69) is 315 Å². The molecule has 0 aliphatic rings. The van der Waals surface area contributed by atoms with Gasteiger partial charge in [-0.25, -0.2) is 0 Å². The van der Waals surface area contributed by atoms with E-state index in [4.69, 9.17) is 0 Å². The third-order valence-electron chi connectivity index (χ3n) is 18.5. The second kappa shape index (κ2) is 20.9. The fraction of sp³-hybridized carbons (Fsp3) is 0.321. The number of rotatable bonds is 7. The summed E-state index contributed by atoms with van der Waals surface area (Å²) in [5.41, 5.74) is 20.6. The standard InChI is InChI=1S/C81H86N4S2/c1-76(2,3)50-25-35-65-58(41-50)59-42-51(77(4,5)6)26-36-66(59)83(65)73-64(47-82)74(84-67-37-27-52(78(7,8)9)43-60(67)61-44-53(79(10,11)12)28-38-68(61)84)72(49-23-33-57(87-20)34-24-49)75(71(73)48-21-31-56(86-19)32-22-48)85-69-39-29-54(80(13,14)15)45-62(69)63-46-55(81(16,17)18)30-40-70(63)85/h21-46H,1-20H3. The summed E-state index contributed by atoms with van der Waals surface area (Å²) in [6.07, 6.45) is 4.30. The minimum absolute atomic E-state index is 0.111. The van der Waals surface area contributed by atoms with Crippen molar-refractivity contribution < 1.29 is 0 Å². The summed E-state index contributed by atoms with van der Waals surface area (Å²) in [6, 6.07) is 64.2. The predicted molar refractivity (Wildman–Crippen MR) is 381 cm³/mol. The van der Waals surface area contributed by atoms with Crippen molar-refractivity contribution in [2.24, 2.45) is 0 Å². The first kappa shape index (κ1) is 59.9. The van der Waals surface area contributed by atoms with E-state index in [1.54, 1.807) is 23.5 Å². The average Bonchev–Trinajstić information content (AvgIpc) is 1.63. The second-order valence-electron chi connectivity index (χ2n) is 30.6. The van der Waals surface area contributed by atoms with Crippen LogP contribution in [0.15, 0.2) is 168 Å². The number of nitrogens with zero attached hydrogens (tertiary/aromatic N) is 4. The molecule has 9 aromatic carbocycles. The highest BCUT2D eigenvalue weighted by Gasteiger charge is 2.35. The highest BCUT2D eigenvalue weighted by molar-refractivity contribution is 7.98. The minimum atomic E-state index is -0.118. The van der Waals surface area contributed by atoms with Gasteiger partial charge in [0.25, 0.3) is 0 Å². The van der Waals surface area contributed by atoms with Crippen LogP contribution in [0, 0.1) is 11.3 Å². The van der Waals surface area contributed by atoms with Crippen LogP contribution in [0.25, 0.3) is 105 Å². The Labute approximate surface area is 526 Å². The first-order valence-electron chi connectivity index (χ1n) is 31.0. The van der Waals surface area contributed by atoms with Crippen molar-refractivity contribution in [3.05, 3.63) is 197 Å². The zero-order valence-electron chi connectivity index (χ0n) is 55.1. The van der Waals surface area contributed by atoms with Crippen molar-refractivity contribution >= 4 is 88.9 Å². The van der Waals surface area contributed by atoms with Gasteiger partial charge in [-0.15, -0.1) is 23.5 Å². The molecule has 0 bridgehead atoms. The van der Waals surface area contributed by atoms with E-state index in [0.717, 1.165) is 72.4 Å². The van der Waals surface area contributed by atoms with Gasteiger partial charge in [0.2, 0.25) is 0 Å². The molecule has 87 heavy (non-hydrogen) atoms. The average molecular weight is 1180 g/mol. The fourth-order valence-corrected chi connectivity index (χ4v) is 14.0. The number of nitriles is 1. The summed E-state index contributed by atoms with van der Waals surface area (Å²) >= 11 is 3.50. The molecule has 12 aromatic rings. The molecule has 0 fully saturated rings. The molecule has 3 aromatic heterocycles. The predicted octanol–water partition coefficient (Wildman–Crippen LogP) is 23.4. The maximum atomic E-state index is 13.1. The van der Waals surface area contributed by atoms with Crippen LogP contribution in [-0.2, 0) is 32.5 Å². The summed E-state index contributed by atoms with van der Waals surface area (Å²) < 4.78 is 7.57. The monoisotopic (exact) mass is 1180 g/mol. The molecular formula is C81H86N4S2. The van der Waals surface area contributed by atoms with Gasteiger partial charge >= 0.3 is 0 Å². The lowest BCUT2D eigenvalue weighted by atomic mass is 9.85. The molecule has 0 spiro atoms. The smallest absolute Gasteiger partial charge is 0.104 e. The van der Waals surface area contributed by atoms with Crippen molar-refractivity contribution in [1.29, 1.82) is 5.26 Å². The van der Waals surface area contributed by atoms with Crippen LogP contribution in [0.3, 0.4) is 0 Å². The Morgan fingerprint density at radius 1 is 0.287 bits per heavy atom. The van der Waals surface area contributed by atoms with Gasteiger partial charge in [0.15, 0.2) is 0 Å². The van der Waals surface area contributed by atoms with Crippen LogP contribution in [0.4, 0.5) is 0 Å². The molecular weight excluding hydrogens is 1090 g/mol. The SMILES string of the molecule is CSc1ccc(-c2c(-n3c4ccc(C(C)(C)C)cc4c4cc(C(C)(C)C)ccc43)c(C#N)c(-n3c4ccc(C(C)(C)C)cc4c4cc(C(C)(C)C)ccc43)c(-c3ccc(SC)cc3)c2-n2c3ccc(C(C)(C)C)cc3c3cc(C(C)(C)C)ccc32)cc1. The summed E-state index contributed by atoms with van der Waals surface area (Å²) in [4.78, 5) is 2.34. The molecule has 4 nitrogen and oxygen atoms in total. The zero-order chi connectivity index (χ0) is 62.4. The first-order valence-corrected chi connectivity index (χ1v) is 33.5. The van der Waals surface area contributed by atoms with E-state index < -0.39 is 0 Å². The Balaban J connectivity index is 1.44. The van der Waals surface area contributed by atoms with E-state index >= 15 is 0 Å². The van der Waals surface area contributed by atoms with Crippen LogP contribution < -0.4 is 0 Å². The maximum absolute atomic E-state index is 13.1. The number of benzene rings is 9. The van der Waals surface area contributed by atoms with Gasteiger partial charge in [-0.2, -0.15) is 5.26 Å². The number of fused-ring (bicyclic) bond motifs is 9. The second-order valence-corrected chi connectivity index (χ2v) is 32.4. The van der Waals surface area contributed by atoms with Crippen LogP contribution in [0.2, 0.25) is 0 Å². The number of aromatic nitrogens is 3. The van der Waals surface area contributed by atoms with Gasteiger partial charge < -0.3 is 13.7 Å². The molecule has 442 valence electrons. The van der Waals surface area contributed by atoms with Crippen LogP contribution >= 0.6 is 23.5 Å². The Morgan fingerprint density at radius 2 is 0.494 bits per heavy atom. The van der Waals surface area contributed by atoms with Gasteiger partial charge in [-0.05, 0) is 187 Å². The highest BCUT2D eigenvalue weighted by atomic mass is 32.2. The van der Waals surface area contributed by atoms with Gasteiger partial charge in [-0.1, -0.05) is 185 Å². The third kappa shape index (κ3) is 10.2. The van der Waals surface area contributed by atoms with Crippen LogP contribution in [-0.4, -0.2) is 26.2 Å². The molecule has 0 unspecified atom stereocenters. The molecule has 0 saturated carbocycles. The van der Waals surface area contributed by atoms with Gasteiger partial charge in [0.05, 0.1) is 50.2 Å². The topological polar surface area (TPSA) is 38.6 Å². The Morgan fingerprint density at radius 3 is 0.678 bits per heavy atom. The molecule has 6 heteroatoms. The van der Waals surface area contributed by atoms with Crippen molar-refractivity contribution in [1.82, 2.24) is 13.7 Å². The molecule has 0 amide bonds. The molecule has 12 rings (SSSR count). The lowest BCUT2D eigenvalue weighted by Gasteiger charge is -2.29. The van der Waals surface area contributed by atoms with Crippen molar-refractivity contribution in [3.63, 3.8) is 0 Å². The molecule has 0 atom stereocenters. The zero-order valence-corrected chi connectivity index (χ0v) is 56.7. The first-order chi connectivity index (χ1) is 40.8. The van der Waals surface area contributed by atoms with E-state index in [-0.39, 0.29) is 32.5 Å². The van der Waals surface area contributed by atoms with Crippen molar-refractivity contribution in [2.45, 2.75) is 167 Å². The normalized spacial score (nSPS) is 13.1. The van der Waals surface area contributed by atoms with Crippen LogP contribution in [0.5, 0.6) is 0 Å². The van der Waals surface area contributed by atoms with E-state index in [0.29, 0.717) is 5.56 Å². The Bertz CT molecular complexity index is 4360. The molecule has 0 saturated heterocycles.